The second-order valence-electron chi connectivity index (χ2n) is 13.0. The maximum Gasteiger partial charge on any atom is 0.318 e. The van der Waals surface area contributed by atoms with Gasteiger partial charge in [0.15, 0.2) is 0 Å². The van der Waals surface area contributed by atoms with E-state index in [0.717, 1.165) is 51.4 Å². The van der Waals surface area contributed by atoms with E-state index in [1.165, 1.54) is 0 Å². The van der Waals surface area contributed by atoms with E-state index < -0.39 is 24.1 Å². The SMILES string of the molecule is CC[C@@H](C)[C@@H](CC)C(=O)NC(N)=O.CC[C@@H](C)[C@H](CC)C(=O)NC(N)=O.CC[C@H](C(=O)NC(N)=O)[C@@H](C)CC.CC[C@H](C)[C@@H](CC)C(=O)NC(N)=O. The zero-order valence-corrected chi connectivity index (χ0v) is 33.9. The predicted molar refractivity (Wildman–Crippen MR) is 204 cm³/mol. The summed E-state index contributed by atoms with van der Waals surface area (Å²) in [4.78, 5) is 87.2. The largest absolute Gasteiger partial charge is 0.351 e. The zero-order chi connectivity index (χ0) is 41.7. The number of carbonyl (C=O) groups is 8. The predicted octanol–water partition coefficient (Wildman–Crippen LogP) is 5.01. The molecule has 0 aliphatic rings. The van der Waals surface area contributed by atoms with Crippen molar-refractivity contribution in [2.24, 2.45) is 70.3 Å². The van der Waals surface area contributed by atoms with Crippen LogP contribution < -0.4 is 44.2 Å². The molecule has 0 aliphatic carbocycles. The van der Waals surface area contributed by atoms with Gasteiger partial charge >= 0.3 is 24.1 Å². The summed E-state index contributed by atoms with van der Waals surface area (Å²) in [7, 11) is 0. The first kappa shape index (κ1) is 54.5. The molecule has 52 heavy (non-hydrogen) atoms. The van der Waals surface area contributed by atoms with E-state index in [1.54, 1.807) is 0 Å². The smallest absolute Gasteiger partial charge is 0.318 e. The molecular formula is C36H72N8O8. The Bertz CT molecular complexity index is 936. The number of urea groups is 4. The van der Waals surface area contributed by atoms with Gasteiger partial charge in [0.25, 0.3) is 0 Å². The molecule has 0 aromatic heterocycles. The summed E-state index contributed by atoms with van der Waals surface area (Å²) in [5.74, 6) is -0.366. The number of hydrogen-bond acceptors (Lipinski definition) is 8. The topological polar surface area (TPSA) is 289 Å². The first-order valence-corrected chi connectivity index (χ1v) is 18.5. The molecule has 0 fully saturated rings. The van der Waals surface area contributed by atoms with Crippen molar-refractivity contribution in [2.75, 3.05) is 0 Å². The van der Waals surface area contributed by atoms with Crippen LogP contribution in [-0.2, 0) is 19.2 Å². The van der Waals surface area contributed by atoms with E-state index in [9.17, 15) is 38.4 Å². The monoisotopic (exact) mass is 745 g/mol. The van der Waals surface area contributed by atoms with Crippen LogP contribution in [0.1, 0.15) is 134 Å². The number of nitrogens with one attached hydrogen (secondary N) is 4. The van der Waals surface area contributed by atoms with Gasteiger partial charge in [0.05, 0.1) is 0 Å². The maximum atomic E-state index is 11.4. The summed E-state index contributed by atoms with van der Waals surface area (Å²) in [6, 6.07) is -3.09. The minimum Gasteiger partial charge on any atom is -0.351 e. The Morgan fingerprint density at radius 3 is 0.538 bits per heavy atom. The van der Waals surface area contributed by atoms with Crippen LogP contribution in [-0.4, -0.2) is 47.8 Å². The number of hydrogen-bond donors (Lipinski definition) is 8. The van der Waals surface area contributed by atoms with Gasteiger partial charge in [0.1, 0.15) is 0 Å². The molecular weight excluding hydrogens is 672 g/mol. The third-order valence-electron chi connectivity index (χ3n) is 9.42. The van der Waals surface area contributed by atoms with Crippen molar-refractivity contribution >= 4 is 47.8 Å². The second-order valence-corrected chi connectivity index (χ2v) is 13.0. The highest BCUT2D eigenvalue weighted by atomic mass is 16.2. The Morgan fingerprint density at radius 2 is 0.462 bits per heavy atom. The first-order valence-electron chi connectivity index (χ1n) is 18.5. The Kier molecular flexibility index (Phi) is 33.0. The normalized spacial score (nSPS) is 14.7. The summed E-state index contributed by atoms with van der Waals surface area (Å²) >= 11 is 0. The minimum absolute atomic E-state index is 0.113. The van der Waals surface area contributed by atoms with Gasteiger partial charge in [-0.15, -0.1) is 0 Å². The highest BCUT2D eigenvalue weighted by molar-refractivity contribution is 5.96. The Balaban J connectivity index is -0.000000295. The third kappa shape index (κ3) is 25.7. The molecule has 0 saturated carbocycles. The molecule has 0 aromatic rings. The van der Waals surface area contributed by atoms with Crippen LogP contribution in [0.4, 0.5) is 19.2 Å². The summed E-state index contributed by atoms with van der Waals surface area (Å²) in [5.41, 5.74) is 19.4. The van der Waals surface area contributed by atoms with Crippen LogP contribution in [0.2, 0.25) is 0 Å². The lowest BCUT2D eigenvalue weighted by atomic mass is 9.89. The number of nitrogens with two attached hydrogens (primary N) is 4. The average molecular weight is 745 g/mol. The van der Waals surface area contributed by atoms with Crippen molar-refractivity contribution in [3.8, 4) is 0 Å². The number of primary amides is 4. The van der Waals surface area contributed by atoms with Crippen LogP contribution in [0.25, 0.3) is 0 Å². The fourth-order valence-corrected chi connectivity index (χ4v) is 5.38. The van der Waals surface area contributed by atoms with Crippen LogP contribution in [0.15, 0.2) is 0 Å². The van der Waals surface area contributed by atoms with Gasteiger partial charge in [0, 0.05) is 23.7 Å². The van der Waals surface area contributed by atoms with E-state index in [4.69, 9.17) is 22.9 Å². The van der Waals surface area contributed by atoms with Crippen molar-refractivity contribution in [3.63, 3.8) is 0 Å². The van der Waals surface area contributed by atoms with Crippen LogP contribution in [0.5, 0.6) is 0 Å². The van der Waals surface area contributed by atoms with E-state index in [-0.39, 0.29) is 71.0 Å². The molecule has 0 rings (SSSR count). The Labute approximate surface area is 311 Å². The molecule has 8 atom stereocenters. The molecule has 0 aromatic carbocycles. The number of amides is 12. The number of imide groups is 4. The van der Waals surface area contributed by atoms with Crippen LogP contribution in [0, 0.1) is 47.3 Å². The van der Waals surface area contributed by atoms with Gasteiger partial charge in [0.2, 0.25) is 23.6 Å². The molecule has 12 amide bonds. The lowest BCUT2D eigenvalue weighted by Gasteiger charge is -2.19. The minimum atomic E-state index is -0.772. The standard InChI is InChI=1S/4C9H18N2O2/c4*1-4-6(3)7(5-2)8(12)11-9(10)13/h4*6-7H,4-5H2,1-3H3,(H3,10,11,12,13)/t2*6-,7+;2*6-,7-/m1010/s1. The van der Waals surface area contributed by atoms with Crippen molar-refractivity contribution in [1.29, 1.82) is 0 Å². The van der Waals surface area contributed by atoms with Gasteiger partial charge in [-0.3, -0.25) is 40.4 Å². The highest BCUT2D eigenvalue weighted by Gasteiger charge is 2.25. The summed E-state index contributed by atoms with van der Waals surface area (Å²) < 4.78 is 0. The number of rotatable bonds is 16. The lowest BCUT2D eigenvalue weighted by molar-refractivity contribution is -0.126. The highest BCUT2D eigenvalue weighted by Crippen LogP contribution is 2.21. The number of carbonyl (C=O) groups excluding carboxylic acids is 8. The molecule has 0 spiro atoms. The van der Waals surface area contributed by atoms with Crippen LogP contribution >= 0.6 is 0 Å². The van der Waals surface area contributed by atoms with Gasteiger partial charge in [-0.25, -0.2) is 19.2 Å². The molecule has 0 radical (unpaired) electrons. The fourth-order valence-electron chi connectivity index (χ4n) is 5.38. The molecule has 12 N–H and O–H groups in total. The fraction of sp³-hybridized carbons (Fsp3) is 0.778. The van der Waals surface area contributed by atoms with Crippen molar-refractivity contribution in [1.82, 2.24) is 21.3 Å². The zero-order valence-electron chi connectivity index (χ0n) is 33.9. The van der Waals surface area contributed by atoms with Gasteiger partial charge in [-0.1, -0.05) is 109 Å². The van der Waals surface area contributed by atoms with Crippen molar-refractivity contribution in [3.05, 3.63) is 0 Å². The van der Waals surface area contributed by atoms with Gasteiger partial charge < -0.3 is 22.9 Å². The molecule has 0 aliphatic heterocycles. The van der Waals surface area contributed by atoms with Gasteiger partial charge in [-0.05, 0) is 49.4 Å². The van der Waals surface area contributed by atoms with Crippen molar-refractivity contribution in [2.45, 2.75) is 134 Å². The molecule has 0 bridgehead atoms. The van der Waals surface area contributed by atoms with Crippen LogP contribution in [0.3, 0.4) is 0 Å². The third-order valence-corrected chi connectivity index (χ3v) is 9.42. The Hall–Kier alpha value is -4.24. The molecule has 0 heterocycles. The van der Waals surface area contributed by atoms with E-state index >= 15 is 0 Å². The van der Waals surface area contributed by atoms with E-state index in [2.05, 4.69) is 21.3 Å². The first-order chi connectivity index (χ1) is 24.1. The second kappa shape index (κ2) is 31.5. The quantitative estimate of drug-likeness (QED) is 0.106. The summed E-state index contributed by atoms with van der Waals surface area (Å²) in [5, 5.41) is 8.44. The molecule has 16 heteroatoms. The average Bonchev–Trinajstić information content (AvgIpc) is 3.05. The maximum absolute atomic E-state index is 11.4. The summed E-state index contributed by atoms with van der Waals surface area (Å²) in [6.07, 6.45) is 6.61. The lowest BCUT2D eigenvalue weighted by Crippen LogP contribution is -2.40. The van der Waals surface area contributed by atoms with E-state index in [1.807, 2.05) is 83.1 Å². The summed E-state index contributed by atoms with van der Waals surface area (Å²) in [6.45, 7) is 23.8. The molecule has 0 saturated heterocycles. The Morgan fingerprint density at radius 1 is 0.327 bits per heavy atom. The molecule has 304 valence electrons. The molecule has 16 nitrogen and oxygen atoms in total. The molecule has 0 unspecified atom stereocenters. The van der Waals surface area contributed by atoms with Crippen molar-refractivity contribution < 1.29 is 38.4 Å². The van der Waals surface area contributed by atoms with Gasteiger partial charge in [-0.2, -0.15) is 0 Å². The van der Waals surface area contributed by atoms with E-state index in [0.29, 0.717) is 0 Å².